The number of aryl methyl sites for hydroxylation is 1. The number of hydrogen-bond donors (Lipinski definition) is 1. The highest BCUT2D eigenvalue weighted by atomic mass is 16.5. The molecule has 0 bridgehead atoms. The number of benzene rings is 1. The van der Waals surface area contributed by atoms with Crippen molar-refractivity contribution in [1.82, 2.24) is 5.32 Å². The van der Waals surface area contributed by atoms with Crippen LogP contribution in [-0.2, 0) is 11.2 Å². The molecule has 1 aromatic rings. The van der Waals surface area contributed by atoms with Crippen molar-refractivity contribution in [2.75, 3.05) is 13.7 Å². The molecule has 0 aliphatic heterocycles. The quantitative estimate of drug-likeness (QED) is 0.815. The van der Waals surface area contributed by atoms with Crippen LogP contribution in [0, 0.1) is 0 Å². The first-order valence-corrected chi connectivity index (χ1v) is 6.71. The highest BCUT2D eigenvalue weighted by Gasteiger charge is 2.19. The first-order chi connectivity index (χ1) is 8.33. The minimum Gasteiger partial charge on any atom is -0.376 e. The van der Waals surface area contributed by atoms with Crippen LogP contribution in [0.5, 0.6) is 0 Å². The molecule has 2 rings (SSSR count). The van der Waals surface area contributed by atoms with Gasteiger partial charge in [-0.2, -0.15) is 0 Å². The summed E-state index contributed by atoms with van der Waals surface area (Å²) in [6.07, 6.45) is 5.43. The predicted octanol–water partition coefficient (Wildman–Crippen LogP) is 3.08. The normalized spacial score (nSPS) is 17.8. The maximum atomic E-state index is 5.88. The van der Waals surface area contributed by atoms with E-state index in [-0.39, 0.29) is 0 Å². The fourth-order valence-corrected chi connectivity index (χ4v) is 2.10. The fourth-order valence-electron chi connectivity index (χ4n) is 2.10. The Morgan fingerprint density at radius 3 is 2.47 bits per heavy atom. The van der Waals surface area contributed by atoms with E-state index in [1.54, 1.807) is 0 Å². The topological polar surface area (TPSA) is 21.3 Å². The van der Waals surface area contributed by atoms with Gasteiger partial charge in [-0.25, -0.2) is 0 Å². The molecule has 1 aromatic carbocycles. The van der Waals surface area contributed by atoms with Crippen LogP contribution >= 0.6 is 0 Å². The monoisotopic (exact) mass is 233 g/mol. The van der Waals surface area contributed by atoms with Crippen LogP contribution in [0.25, 0.3) is 0 Å². The molecule has 17 heavy (non-hydrogen) atoms. The molecule has 1 unspecified atom stereocenters. The summed E-state index contributed by atoms with van der Waals surface area (Å²) >= 11 is 0. The summed E-state index contributed by atoms with van der Waals surface area (Å²) in [7, 11) is 2.00. The van der Waals surface area contributed by atoms with E-state index in [0.29, 0.717) is 12.1 Å². The number of hydrogen-bond acceptors (Lipinski definition) is 2. The molecule has 94 valence electrons. The number of likely N-dealkylation sites (N-methyl/N-ethyl adjacent to an activating group) is 1. The van der Waals surface area contributed by atoms with Gasteiger partial charge in [-0.05, 0) is 43.9 Å². The van der Waals surface area contributed by atoms with E-state index in [1.807, 2.05) is 7.05 Å². The predicted molar refractivity (Wildman–Crippen MR) is 71.2 cm³/mol. The molecule has 0 saturated heterocycles. The number of nitrogens with one attached hydrogen (secondary N) is 1. The maximum Gasteiger partial charge on any atom is 0.0665 e. The Kier molecular flexibility index (Phi) is 4.57. The molecule has 0 spiro atoms. The van der Waals surface area contributed by atoms with Crippen LogP contribution in [0.1, 0.15) is 43.4 Å². The smallest absolute Gasteiger partial charge is 0.0665 e. The second kappa shape index (κ2) is 6.18. The maximum absolute atomic E-state index is 5.88. The number of rotatable bonds is 6. The first-order valence-electron chi connectivity index (χ1n) is 6.71. The minimum atomic E-state index is 0.321. The van der Waals surface area contributed by atoms with E-state index < -0.39 is 0 Å². The third kappa shape index (κ3) is 3.30. The zero-order chi connectivity index (χ0) is 12.1. The SMILES string of the molecule is CCc1ccc(C(COC2CCC2)NC)cc1. The minimum absolute atomic E-state index is 0.321. The summed E-state index contributed by atoms with van der Waals surface area (Å²) in [4.78, 5) is 0. The van der Waals surface area contributed by atoms with Crippen molar-refractivity contribution in [2.24, 2.45) is 0 Å². The molecular formula is C15H23NO. The average Bonchev–Trinajstić information content (AvgIpc) is 2.33. The summed E-state index contributed by atoms with van der Waals surface area (Å²) in [6, 6.07) is 9.17. The van der Waals surface area contributed by atoms with Gasteiger partial charge < -0.3 is 10.1 Å². The average molecular weight is 233 g/mol. The van der Waals surface area contributed by atoms with Crippen molar-refractivity contribution in [1.29, 1.82) is 0 Å². The van der Waals surface area contributed by atoms with Gasteiger partial charge in [-0.15, -0.1) is 0 Å². The summed E-state index contributed by atoms with van der Waals surface area (Å²) < 4.78 is 5.88. The Labute approximate surface area is 104 Å². The lowest BCUT2D eigenvalue weighted by Crippen LogP contribution is -2.28. The Morgan fingerprint density at radius 1 is 1.29 bits per heavy atom. The molecule has 1 fully saturated rings. The molecule has 0 amide bonds. The van der Waals surface area contributed by atoms with Crippen molar-refractivity contribution >= 4 is 0 Å². The van der Waals surface area contributed by atoms with Gasteiger partial charge in [0.05, 0.1) is 18.8 Å². The van der Waals surface area contributed by atoms with E-state index in [1.165, 1.54) is 30.4 Å². The van der Waals surface area contributed by atoms with Crippen molar-refractivity contribution < 1.29 is 4.74 Å². The van der Waals surface area contributed by atoms with E-state index in [4.69, 9.17) is 4.74 Å². The summed E-state index contributed by atoms with van der Waals surface area (Å²) in [6.45, 7) is 2.97. The van der Waals surface area contributed by atoms with E-state index in [2.05, 4.69) is 36.5 Å². The standard InChI is InChI=1S/C15H23NO/c1-3-12-7-9-13(10-8-12)15(16-2)11-17-14-5-4-6-14/h7-10,14-16H,3-6,11H2,1-2H3. The van der Waals surface area contributed by atoms with Crippen LogP contribution in [0.3, 0.4) is 0 Å². The zero-order valence-corrected chi connectivity index (χ0v) is 10.9. The Bertz CT molecular complexity index is 329. The molecule has 0 heterocycles. The lowest BCUT2D eigenvalue weighted by atomic mass is 9.96. The molecule has 1 aliphatic carbocycles. The van der Waals surface area contributed by atoms with Gasteiger partial charge in [0.25, 0.3) is 0 Å². The van der Waals surface area contributed by atoms with E-state index in [9.17, 15) is 0 Å². The molecule has 1 saturated carbocycles. The van der Waals surface area contributed by atoms with Crippen LogP contribution in [-0.4, -0.2) is 19.8 Å². The summed E-state index contributed by atoms with van der Waals surface area (Å²) in [5, 5.41) is 3.33. The third-order valence-electron chi connectivity index (χ3n) is 3.69. The molecule has 1 aliphatic rings. The van der Waals surface area contributed by atoms with Gasteiger partial charge in [0.15, 0.2) is 0 Å². The van der Waals surface area contributed by atoms with Crippen molar-refractivity contribution in [3.05, 3.63) is 35.4 Å². The Balaban J connectivity index is 1.90. The molecule has 0 aromatic heterocycles. The van der Waals surface area contributed by atoms with Crippen LogP contribution in [0.2, 0.25) is 0 Å². The highest BCUT2D eigenvalue weighted by Crippen LogP contribution is 2.24. The van der Waals surface area contributed by atoms with Gasteiger partial charge in [0.1, 0.15) is 0 Å². The Morgan fingerprint density at radius 2 is 2.00 bits per heavy atom. The molecule has 2 nitrogen and oxygen atoms in total. The van der Waals surface area contributed by atoms with E-state index >= 15 is 0 Å². The lowest BCUT2D eigenvalue weighted by molar-refractivity contribution is -0.00794. The Hall–Kier alpha value is -0.860. The zero-order valence-electron chi connectivity index (χ0n) is 10.9. The summed E-state index contributed by atoms with van der Waals surface area (Å²) in [5.41, 5.74) is 2.72. The largest absolute Gasteiger partial charge is 0.376 e. The second-order valence-corrected chi connectivity index (χ2v) is 4.82. The van der Waals surface area contributed by atoms with Gasteiger partial charge in [-0.1, -0.05) is 31.2 Å². The number of ether oxygens (including phenoxy) is 1. The van der Waals surface area contributed by atoms with Gasteiger partial charge in [0.2, 0.25) is 0 Å². The lowest BCUT2D eigenvalue weighted by Gasteiger charge is -2.28. The second-order valence-electron chi connectivity index (χ2n) is 4.82. The van der Waals surface area contributed by atoms with E-state index in [0.717, 1.165) is 13.0 Å². The van der Waals surface area contributed by atoms with Crippen LogP contribution in [0.15, 0.2) is 24.3 Å². The molecule has 0 radical (unpaired) electrons. The third-order valence-corrected chi connectivity index (χ3v) is 3.69. The fraction of sp³-hybridized carbons (Fsp3) is 0.600. The molecule has 1 N–H and O–H groups in total. The van der Waals surface area contributed by atoms with Crippen molar-refractivity contribution in [2.45, 2.75) is 44.8 Å². The molecule has 1 atom stereocenters. The van der Waals surface area contributed by atoms with Crippen LogP contribution in [0.4, 0.5) is 0 Å². The molecule has 2 heteroatoms. The highest BCUT2D eigenvalue weighted by molar-refractivity contribution is 5.25. The first kappa shape index (κ1) is 12.6. The van der Waals surface area contributed by atoms with Gasteiger partial charge in [-0.3, -0.25) is 0 Å². The summed E-state index contributed by atoms with van der Waals surface area (Å²) in [5.74, 6) is 0. The van der Waals surface area contributed by atoms with Gasteiger partial charge >= 0.3 is 0 Å². The molecular weight excluding hydrogens is 210 g/mol. The van der Waals surface area contributed by atoms with Crippen molar-refractivity contribution in [3.8, 4) is 0 Å². The van der Waals surface area contributed by atoms with Crippen molar-refractivity contribution in [3.63, 3.8) is 0 Å². The van der Waals surface area contributed by atoms with Gasteiger partial charge in [0, 0.05) is 0 Å². The van der Waals surface area contributed by atoms with Crippen LogP contribution < -0.4 is 5.32 Å².